The third-order valence-electron chi connectivity index (χ3n) is 3.79. The monoisotopic (exact) mass is 304 g/mol. The van der Waals surface area contributed by atoms with Crippen LogP contribution in [0.4, 0.5) is 23.0 Å². The summed E-state index contributed by atoms with van der Waals surface area (Å²) in [6.45, 7) is 2.96. The second-order valence-corrected chi connectivity index (χ2v) is 5.21. The molecular weight excluding hydrogens is 284 g/mol. The molecule has 116 valence electrons. The van der Waals surface area contributed by atoms with Gasteiger partial charge in [-0.15, -0.1) is 0 Å². The van der Waals surface area contributed by atoms with E-state index in [4.69, 9.17) is 0 Å². The molecule has 1 heterocycles. The topological polar surface area (TPSA) is 32.3 Å². The van der Waals surface area contributed by atoms with Gasteiger partial charge in [-0.05, 0) is 31.2 Å². The molecule has 4 heteroatoms. The number of rotatable bonds is 5. The number of hydrogen-bond acceptors (Lipinski definition) is 4. The van der Waals surface area contributed by atoms with E-state index in [1.807, 2.05) is 49.5 Å². The lowest BCUT2D eigenvalue weighted by molar-refractivity contribution is 0.968. The standard InChI is InChI=1S/C19H20N4/c1-3-23(17-12-8-5-9-13-17)19-14-18(20-15-21-19)22(2)16-10-6-4-7-11-16/h4-15H,3H2,1-2H3. The minimum absolute atomic E-state index is 0.843. The first-order valence-corrected chi connectivity index (χ1v) is 7.73. The number of anilines is 4. The number of nitrogens with zero attached hydrogens (tertiary/aromatic N) is 4. The second-order valence-electron chi connectivity index (χ2n) is 5.21. The van der Waals surface area contributed by atoms with Gasteiger partial charge in [-0.3, -0.25) is 0 Å². The van der Waals surface area contributed by atoms with Crippen molar-refractivity contribution in [2.45, 2.75) is 6.92 Å². The SMILES string of the molecule is CCN(c1ccccc1)c1cc(N(C)c2ccccc2)ncn1. The van der Waals surface area contributed by atoms with Gasteiger partial charge in [0.15, 0.2) is 0 Å². The van der Waals surface area contributed by atoms with Gasteiger partial charge < -0.3 is 9.80 Å². The lowest BCUT2D eigenvalue weighted by atomic mass is 10.2. The molecule has 0 saturated carbocycles. The Labute approximate surface area is 137 Å². The van der Waals surface area contributed by atoms with Crippen LogP contribution in [0.5, 0.6) is 0 Å². The Hall–Kier alpha value is -2.88. The maximum atomic E-state index is 4.45. The van der Waals surface area contributed by atoms with E-state index < -0.39 is 0 Å². The molecule has 0 fully saturated rings. The van der Waals surface area contributed by atoms with Crippen LogP contribution in [0.15, 0.2) is 73.1 Å². The van der Waals surface area contributed by atoms with E-state index in [0.717, 1.165) is 29.6 Å². The van der Waals surface area contributed by atoms with Gasteiger partial charge in [0.05, 0.1) is 0 Å². The molecule has 0 aliphatic carbocycles. The lowest BCUT2D eigenvalue weighted by Crippen LogP contribution is -2.19. The molecule has 0 unspecified atom stereocenters. The Morgan fingerprint density at radius 1 is 0.783 bits per heavy atom. The fourth-order valence-corrected chi connectivity index (χ4v) is 2.54. The van der Waals surface area contributed by atoms with Crippen molar-refractivity contribution in [3.63, 3.8) is 0 Å². The molecule has 0 atom stereocenters. The summed E-state index contributed by atoms with van der Waals surface area (Å²) >= 11 is 0. The quantitative estimate of drug-likeness (QED) is 0.699. The predicted molar refractivity (Wildman–Crippen MR) is 95.7 cm³/mol. The number of hydrogen-bond donors (Lipinski definition) is 0. The summed E-state index contributed by atoms with van der Waals surface area (Å²) in [6, 6.07) is 22.5. The molecule has 23 heavy (non-hydrogen) atoms. The lowest BCUT2D eigenvalue weighted by Gasteiger charge is -2.24. The van der Waals surface area contributed by atoms with Crippen LogP contribution in [0.1, 0.15) is 6.92 Å². The molecule has 0 aliphatic heterocycles. The third kappa shape index (κ3) is 3.31. The maximum Gasteiger partial charge on any atom is 0.138 e. The van der Waals surface area contributed by atoms with Crippen molar-refractivity contribution in [2.75, 3.05) is 23.4 Å². The Balaban J connectivity index is 1.93. The largest absolute Gasteiger partial charge is 0.329 e. The Morgan fingerprint density at radius 3 is 1.96 bits per heavy atom. The first kappa shape index (κ1) is 15.0. The summed E-state index contributed by atoms with van der Waals surface area (Å²) in [7, 11) is 2.01. The highest BCUT2D eigenvalue weighted by atomic mass is 15.2. The highest BCUT2D eigenvalue weighted by Crippen LogP contribution is 2.27. The maximum absolute atomic E-state index is 4.45. The summed E-state index contributed by atoms with van der Waals surface area (Å²) in [5, 5.41) is 0. The molecule has 4 nitrogen and oxygen atoms in total. The smallest absolute Gasteiger partial charge is 0.138 e. The van der Waals surface area contributed by atoms with E-state index in [2.05, 4.69) is 51.0 Å². The molecule has 1 aromatic heterocycles. The van der Waals surface area contributed by atoms with Gasteiger partial charge in [0.2, 0.25) is 0 Å². The summed E-state index contributed by atoms with van der Waals surface area (Å²) in [5.74, 6) is 1.77. The van der Waals surface area contributed by atoms with E-state index in [1.54, 1.807) is 6.33 Å². The van der Waals surface area contributed by atoms with Crippen LogP contribution >= 0.6 is 0 Å². The molecule has 0 radical (unpaired) electrons. The van der Waals surface area contributed by atoms with E-state index >= 15 is 0 Å². The van der Waals surface area contributed by atoms with Gasteiger partial charge in [-0.2, -0.15) is 0 Å². The van der Waals surface area contributed by atoms with Gasteiger partial charge in [-0.25, -0.2) is 9.97 Å². The van der Waals surface area contributed by atoms with E-state index in [9.17, 15) is 0 Å². The van der Waals surface area contributed by atoms with Gasteiger partial charge in [0.25, 0.3) is 0 Å². The van der Waals surface area contributed by atoms with Crippen LogP contribution < -0.4 is 9.80 Å². The molecule has 3 rings (SSSR count). The predicted octanol–water partition coefficient (Wildman–Crippen LogP) is 4.40. The molecule has 3 aromatic rings. The van der Waals surface area contributed by atoms with Gasteiger partial charge in [0.1, 0.15) is 18.0 Å². The first-order chi connectivity index (χ1) is 11.3. The summed E-state index contributed by atoms with van der Waals surface area (Å²) in [4.78, 5) is 13.1. The van der Waals surface area contributed by atoms with Gasteiger partial charge >= 0.3 is 0 Å². The zero-order chi connectivity index (χ0) is 16.1. The van der Waals surface area contributed by atoms with Crippen LogP contribution in [0, 0.1) is 0 Å². The Kier molecular flexibility index (Phi) is 4.52. The minimum atomic E-state index is 0.843. The van der Waals surface area contributed by atoms with Crippen LogP contribution in [-0.2, 0) is 0 Å². The van der Waals surface area contributed by atoms with Crippen molar-refractivity contribution in [3.05, 3.63) is 73.1 Å². The van der Waals surface area contributed by atoms with Crippen LogP contribution in [-0.4, -0.2) is 23.6 Å². The zero-order valence-corrected chi connectivity index (χ0v) is 13.4. The summed E-state index contributed by atoms with van der Waals surface area (Å²) in [5.41, 5.74) is 2.22. The molecule has 0 saturated heterocycles. The van der Waals surface area contributed by atoms with Crippen molar-refractivity contribution in [3.8, 4) is 0 Å². The number of aromatic nitrogens is 2. The zero-order valence-electron chi connectivity index (χ0n) is 13.4. The second kappa shape index (κ2) is 6.92. The highest BCUT2D eigenvalue weighted by Gasteiger charge is 2.12. The molecular formula is C19H20N4. The highest BCUT2D eigenvalue weighted by molar-refractivity contribution is 5.66. The van der Waals surface area contributed by atoms with Crippen LogP contribution in [0.3, 0.4) is 0 Å². The Bertz CT molecular complexity index is 744. The Morgan fingerprint density at radius 2 is 1.35 bits per heavy atom. The molecule has 0 bridgehead atoms. The molecule has 0 spiro atoms. The molecule has 0 amide bonds. The van der Waals surface area contributed by atoms with Gasteiger partial charge in [-0.1, -0.05) is 36.4 Å². The number of para-hydroxylation sites is 2. The van der Waals surface area contributed by atoms with Crippen molar-refractivity contribution in [1.29, 1.82) is 0 Å². The molecule has 0 N–H and O–H groups in total. The first-order valence-electron chi connectivity index (χ1n) is 7.73. The van der Waals surface area contributed by atoms with Crippen LogP contribution in [0.25, 0.3) is 0 Å². The minimum Gasteiger partial charge on any atom is -0.329 e. The van der Waals surface area contributed by atoms with Crippen molar-refractivity contribution >= 4 is 23.0 Å². The molecule has 0 aliphatic rings. The van der Waals surface area contributed by atoms with Crippen molar-refractivity contribution < 1.29 is 0 Å². The number of benzene rings is 2. The van der Waals surface area contributed by atoms with E-state index in [0.29, 0.717) is 0 Å². The normalized spacial score (nSPS) is 10.3. The molecule has 2 aromatic carbocycles. The summed E-state index contributed by atoms with van der Waals surface area (Å²) < 4.78 is 0. The average molecular weight is 304 g/mol. The fourth-order valence-electron chi connectivity index (χ4n) is 2.54. The van der Waals surface area contributed by atoms with E-state index in [1.165, 1.54) is 0 Å². The van der Waals surface area contributed by atoms with Crippen LogP contribution in [0.2, 0.25) is 0 Å². The average Bonchev–Trinajstić information content (AvgIpc) is 2.64. The van der Waals surface area contributed by atoms with E-state index in [-0.39, 0.29) is 0 Å². The van der Waals surface area contributed by atoms with Crippen molar-refractivity contribution in [2.24, 2.45) is 0 Å². The van der Waals surface area contributed by atoms with Crippen molar-refractivity contribution in [1.82, 2.24) is 9.97 Å². The fraction of sp³-hybridized carbons (Fsp3) is 0.158. The third-order valence-corrected chi connectivity index (χ3v) is 3.79. The van der Waals surface area contributed by atoms with Gasteiger partial charge in [0, 0.05) is 31.0 Å². The summed E-state index contributed by atoms with van der Waals surface area (Å²) in [6.07, 6.45) is 1.62.